The Morgan fingerprint density at radius 3 is 1.14 bits per heavy atom. The van der Waals surface area contributed by atoms with Crippen LogP contribution in [-0.2, 0) is 0 Å². The normalized spacial score (nSPS) is 12.2. The van der Waals surface area contributed by atoms with Gasteiger partial charge in [0.2, 0.25) is 0 Å². The van der Waals surface area contributed by atoms with Crippen molar-refractivity contribution in [1.29, 1.82) is 0 Å². The molecule has 0 amide bonds. The molecule has 0 radical (unpaired) electrons. The SMILES string of the molecule is Cc1csc(-c2cc3cc4cc(-c5cc6cc7cc(-c8cc(C)cs8)oc7cc6o5)oc4cc3o2)c1. The minimum Gasteiger partial charge on any atom is -0.455 e. The second-order valence-corrected chi connectivity index (χ2v) is 11.1. The van der Waals surface area contributed by atoms with Gasteiger partial charge >= 0.3 is 0 Å². The van der Waals surface area contributed by atoms with Gasteiger partial charge in [0, 0.05) is 33.7 Å². The second kappa shape index (κ2) is 7.26. The summed E-state index contributed by atoms with van der Waals surface area (Å²) in [5.74, 6) is 3.15. The molecule has 6 heterocycles. The molecule has 0 aliphatic carbocycles. The molecule has 0 aliphatic heterocycles. The fourth-order valence-corrected chi connectivity index (χ4v) is 6.46. The molecule has 0 spiro atoms. The average molecular weight is 507 g/mol. The third-order valence-electron chi connectivity index (χ3n) is 6.50. The fraction of sp³-hybridized carbons (Fsp3) is 0.0667. The van der Waals surface area contributed by atoms with Crippen LogP contribution in [0, 0.1) is 13.8 Å². The molecule has 0 aliphatic rings. The van der Waals surface area contributed by atoms with Gasteiger partial charge in [-0.05, 0) is 84.3 Å². The molecule has 36 heavy (non-hydrogen) atoms. The molecule has 0 atom stereocenters. The van der Waals surface area contributed by atoms with Crippen molar-refractivity contribution in [2.75, 3.05) is 0 Å². The zero-order valence-corrected chi connectivity index (χ0v) is 21.0. The van der Waals surface area contributed by atoms with Gasteiger partial charge in [0.1, 0.15) is 33.9 Å². The number of furan rings is 4. The van der Waals surface area contributed by atoms with Gasteiger partial charge in [0.25, 0.3) is 0 Å². The van der Waals surface area contributed by atoms with Gasteiger partial charge in [-0.3, -0.25) is 0 Å². The Hall–Kier alpha value is -4.00. The van der Waals surface area contributed by atoms with Gasteiger partial charge in [-0.1, -0.05) is 0 Å². The summed E-state index contributed by atoms with van der Waals surface area (Å²) in [6.45, 7) is 4.19. The van der Waals surface area contributed by atoms with Gasteiger partial charge in [0.15, 0.2) is 11.5 Å². The number of benzene rings is 2. The van der Waals surface area contributed by atoms with Crippen LogP contribution in [0.5, 0.6) is 0 Å². The van der Waals surface area contributed by atoms with Crippen molar-refractivity contribution in [2.45, 2.75) is 13.8 Å². The first-order valence-corrected chi connectivity index (χ1v) is 13.4. The van der Waals surface area contributed by atoms with Crippen LogP contribution in [0.3, 0.4) is 0 Å². The van der Waals surface area contributed by atoms with Gasteiger partial charge in [-0.2, -0.15) is 0 Å². The molecular formula is C30H18O4S2. The molecule has 0 unspecified atom stereocenters. The number of fused-ring (bicyclic) bond motifs is 4. The Balaban J connectivity index is 1.18. The predicted molar refractivity (Wildman–Crippen MR) is 147 cm³/mol. The molecule has 6 heteroatoms. The second-order valence-electron chi connectivity index (χ2n) is 9.27. The minimum absolute atomic E-state index is 0.689. The van der Waals surface area contributed by atoms with Crippen LogP contribution in [0.2, 0.25) is 0 Å². The minimum atomic E-state index is 0.689. The van der Waals surface area contributed by atoms with Crippen LogP contribution >= 0.6 is 22.7 Å². The van der Waals surface area contributed by atoms with Crippen LogP contribution in [0.25, 0.3) is 76.7 Å². The number of rotatable bonds is 3. The molecule has 4 nitrogen and oxygen atoms in total. The number of hydrogen-bond donors (Lipinski definition) is 0. The summed E-state index contributed by atoms with van der Waals surface area (Å²) in [5, 5.41) is 8.40. The van der Waals surface area contributed by atoms with Gasteiger partial charge in [-0.15, -0.1) is 22.7 Å². The lowest BCUT2D eigenvalue weighted by Gasteiger charge is -1.90. The van der Waals surface area contributed by atoms with Crippen LogP contribution in [0.15, 0.2) is 89.1 Å². The molecule has 2 aromatic carbocycles. The first-order chi connectivity index (χ1) is 17.6. The first-order valence-electron chi connectivity index (χ1n) is 11.6. The van der Waals surface area contributed by atoms with Gasteiger partial charge in [-0.25, -0.2) is 0 Å². The predicted octanol–water partition coefficient (Wildman–Crippen LogP) is 10.4. The third-order valence-corrected chi connectivity index (χ3v) is 8.63. The van der Waals surface area contributed by atoms with Crippen molar-refractivity contribution in [3.8, 4) is 32.8 Å². The first kappa shape index (κ1) is 20.2. The maximum Gasteiger partial charge on any atom is 0.170 e. The molecule has 0 saturated carbocycles. The summed E-state index contributed by atoms with van der Waals surface area (Å²) >= 11 is 3.38. The Labute approximate surface area is 213 Å². The summed E-state index contributed by atoms with van der Waals surface area (Å²) in [6.07, 6.45) is 0. The Morgan fingerprint density at radius 1 is 0.417 bits per heavy atom. The van der Waals surface area contributed by atoms with E-state index in [4.69, 9.17) is 17.7 Å². The van der Waals surface area contributed by atoms with Crippen LogP contribution < -0.4 is 0 Å². The summed E-state index contributed by atoms with van der Waals surface area (Å²) in [5.41, 5.74) is 5.64. The van der Waals surface area contributed by atoms with E-state index in [1.807, 2.05) is 24.3 Å². The topological polar surface area (TPSA) is 52.6 Å². The van der Waals surface area contributed by atoms with Crippen molar-refractivity contribution in [3.63, 3.8) is 0 Å². The number of thiophene rings is 2. The standard InChI is InChI=1S/C30H18O4S2/c1-15-3-29(35-13-15)27-9-19-5-17-7-25(31-21(17)11-23(19)33-27)26-8-18-6-20-10-28(30-4-16(2)14-36-30)34-24(20)12-22(18)32-26/h3-14H,1-2H3. The summed E-state index contributed by atoms with van der Waals surface area (Å²) in [6, 6.07) is 20.7. The van der Waals surface area contributed by atoms with Crippen molar-refractivity contribution in [2.24, 2.45) is 0 Å². The lowest BCUT2D eigenvalue weighted by molar-refractivity contribution is 0.567. The Morgan fingerprint density at radius 2 is 0.778 bits per heavy atom. The van der Waals surface area contributed by atoms with Crippen LogP contribution in [0.1, 0.15) is 11.1 Å². The van der Waals surface area contributed by atoms with E-state index in [2.05, 4.69) is 61.0 Å². The van der Waals surface area contributed by atoms with E-state index in [-0.39, 0.29) is 0 Å². The zero-order chi connectivity index (χ0) is 24.0. The third kappa shape index (κ3) is 3.11. The van der Waals surface area contributed by atoms with E-state index in [1.54, 1.807) is 22.7 Å². The van der Waals surface area contributed by atoms with Crippen molar-refractivity contribution < 1.29 is 17.7 Å². The molecule has 0 fully saturated rings. The molecule has 8 aromatic rings. The van der Waals surface area contributed by atoms with E-state index in [9.17, 15) is 0 Å². The molecular weight excluding hydrogens is 488 g/mol. The highest BCUT2D eigenvalue weighted by Gasteiger charge is 2.17. The quantitative estimate of drug-likeness (QED) is 0.239. The van der Waals surface area contributed by atoms with Crippen molar-refractivity contribution in [1.82, 2.24) is 0 Å². The van der Waals surface area contributed by atoms with Crippen LogP contribution in [-0.4, -0.2) is 0 Å². The highest BCUT2D eigenvalue weighted by molar-refractivity contribution is 7.13. The largest absolute Gasteiger partial charge is 0.455 e. The number of hydrogen-bond acceptors (Lipinski definition) is 6. The molecule has 6 aromatic heterocycles. The highest BCUT2D eigenvalue weighted by atomic mass is 32.1. The lowest BCUT2D eigenvalue weighted by atomic mass is 10.1. The summed E-state index contributed by atoms with van der Waals surface area (Å²) in [4.78, 5) is 2.26. The van der Waals surface area contributed by atoms with E-state index < -0.39 is 0 Å². The van der Waals surface area contributed by atoms with Crippen molar-refractivity contribution in [3.05, 3.63) is 82.6 Å². The maximum absolute atomic E-state index is 6.20. The monoisotopic (exact) mass is 506 g/mol. The average Bonchev–Trinajstić information content (AvgIpc) is 3.67. The molecule has 0 bridgehead atoms. The van der Waals surface area contributed by atoms with E-state index >= 15 is 0 Å². The summed E-state index contributed by atoms with van der Waals surface area (Å²) in [7, 11) is 0. The van der Waals surface area contributed by atoms with Gasteiger partial charge < -0.3 is 17.7 Å². The van der Waals surface area contributed by atoms with Crippen molar-refractivity contribution >= 4 is 66.6 Å². The molecule has 174 valence electrons. The lowest BCUT2D eigenvalue weighted by Crippen LogP contribution is -1.63. The maximum atomic E-state index is 6.20. The van der Waals surface area contributed by atoms with E-state index in [1.165, 1.54) is 11.1 Å². The molecule has 0 N–H and O–H groups in total. The highest BCUT2D eigenvalue weighted by Crippen LogP contribution is 2.39. The molecule has 0 saturated heterocycles. The van der Waals surface area contributed by atoms with E-state index in [0.29, 0.717) is 11.5 Å². The Kier molecular flexibility index (Phi) is 4.08. The van der Waals surface area contributed by atoms with Crippen LogP contribution in [0.4, 0.5) is 0 Å². The zero-order valence-electron chi connectivity index (χ0n) is 19.4. The summed E-state index contributed by atoms with van der Waals surface area (Å²) < 4.78 is 24.7. The number of aryl methyl sites for hydroxylation is 2. The molecule has 8 rings (SSSR count). The fourth-order valence-electron chi connectivity index (χ4n) is 4.76. The van der Waals surface area contributed by atoms with Gasteiger partial charge in [0.05, 0.1) is 9.75 Å². The smallest absolute Gasteiger partial charge is 0.170 e. The van der Waals surface area contributed by atoms with E-state index in [0.717, 1.165) is 65.2 Å². The Bertz CT molecular complexity index is 1830.